The quantitative estimate of drug-likeness (QED) is 0.645. The Hall–Kier alpha value is -3.27. The summed E-state index contributed by atoms with van der Waals surface area (Å²) in [6, 6.07) is 7.16. The van der Waals surface area contributed by atoms with Crippen LogP contribution in [0.15, 0.2) is 35.0 Å². The van der Waals surface area contributed by atoms with Gasteiger partial charge >= 0.3 is 0 Å². The van der Waals surface area contributed by atoms with Crippen LogP contribution in [0.4, 0.5) is 0 Å². The van der Waals surface area contributed by atoms with Gasteiger partial charge in [-0.2, -0.15) is 4.98 Å². The third-order valence-corrected chi connectivity index (χ3v) is 4.91. The Morgan fingerprint density at radius 1 is 1.38 bits per heavy atom. The van der Waals surface area contributed by atoms with Gasteiger partial charge in [-0.05, 0) is 45.0 Å². The monoisotopic (exact) mass is 397 g/mol. The van der Waals surface area contributed by atoms with Crippen molar-refractivity contribution in [3.63, 3.8) is 0 Å². The molecule has 1 saturated heterocycles. The molecule has 29 heavy (non-hydrogen) atoms. The van der Waals surface area contributed by atoms with E-state index in [4.69, 9.17) is 9.26 Å². The molecule has 152 valence electrons. The van der Waals surface area contributed by atoms with Crippen LogP contribution in [0.5, 0.6) is 5.75 Å². The molecule has 1 amide bonds. The Balaban J connectivity index is 1.41. The summed E-state index contributed by atoms with van der Waals surface area (Å²) in [5.41, 5.74) is 1.03. The average Bonchev–Trinajstić information content (AvgIpc) is 3.45. The van der Waals surface area contributed by atoms with Crippen molar-refractivity contribution in [3.05, 3.63) is 42.0 Å². The maximum absolute atomic E-state index is 12.5. The summed E-state index contributed by atoms with van der Waals surface area (Å²) < 4.78 is 12.3. The smallest absolute Gasteiger partial charge is 0.274 e. The van der Waals surface area contributed by atoms with E-state index in [2.05, 4.69) is 31.1 Å². The summed E-state index contributed by atoms with van der Waals surface area (Å²) in [6.45, 7) is 3.66. The van der Waals surface area contributed by atoms with E-state index in [-0.39, 0.29) is 17.6 Å². The molecule has 10 heteroatoms. The lowest BCUT2D eigenvalue weighted by Crippen LogP contribution is -2.29. The van der Waals surface area contributed by atoms with E-state index in [1.54, 1.807) is 24.9 Å². The molecule has 3 aromatic rings. The fraction of sp³-hybridized carbons (Fsp3) is 0.421. The number of benzene rings is 1. The van der Waals surface area contributed by atoms with Crippen LogP contribution in [0.3, 0.4) is 0 Å². The number of carbonyl (C=O) groups is 1. The number of hydrogen-bond acceptors (Lipinski definition) is 8. The van der Waals surface area contributed by atoms with Crippen molar-refractivity contribution in [3.8, 4) is 17.1 Å². The van der Waals surface area contributed by atoms with Crippen molar-refractivity contribution >= 4 is 5.91 Å². The maximum Gasteiger partial charge on any atom is 0.274 e. The van der Waals surface area contributed by atoms with Crippen molar-refractivity contribution in [2.24, 2.45) is 0 Å². The van der Waals surface area contributed by atoms with Gasteiger partial charge in [0.25, 0.3) is 5.91 Å². The van der Waals surface area contributed by atoms with Gasteiger partial charge in [0.2, 0.25) is 11.7 Å². The molecule has 1 fully saturated rings. The molecule has 0 bridgehead atoms. The maximum atomic E-state index is 12.5. The highest BCUT2D eigenvalue weighted by atomic mass is 16.5. The van der Waals surface area contributed by atoms with E-state index < -0.39 is 6.04 Å². The minimum atomic E-state index is -0.474. The first kappa shape index (κ1) is 19.1. The van der Waals surface area contributed by atoms with E-state index in [0.29, 0.717) is 17.5 Å². The molecule has 0 spiro atoms. The van der Waals surface area contributed by atoms with Crippen molar-refractivity contribution in [2.45, 2.75) is 31.8 Å². The summed E-state index contributed by atoms with van der Waals surface area (Å²) in [5, 5.41) is 18.3. The molecule has 1 atom stereocenters. The van der Waals surface area contributed by atoms with E-state index in [9.17, 15) is 4.79 Å². The number of nitrogens with zero attached hydrogens (tertiary/aromatic N) is 5. The van der Waals surface area contributed by atoms with Crippen LogP contribution in [0.1, 0.15) is 48.2 Å². The molecule has 0 saturated carbocycles. The molecule has 0 aliphatic carbocycles. The summed E-state index contributed by atoms with van der Waals surface area (Å²) >= 11 is 0. The van der Waals surface area contributed by atoms with E-state index in [1.165, 1.54) is 0 Å². The molecular weight excluding hydrogens is 374 g/mol. The van der Waals surface area contributed by atoms with E-state index >= 15 is 0 Å². The fourth-order valence-corrected chi connectivity index (χ4v) is 3.25. The van der Waals surface area contributed by atoms with Crippen molar-refractivity contribution in [1.82, 2.24) is 35.8 Å². The molecule has 1 unspecified atom stereocenters. The number of ether oxygens (including phenoxy) is 1. The topological polar surface area (TPSA) is 120 Å². The molecule has 2 N–H and O–H groups in total. The van der Waals surface area contributed by atoms with Crippen LogP contribution in [0.25, 0.3) is 11.4 Å². The molecule has 1 aromatic carbocycles. The number of hydrogen-bond donors (Lipinski definition) is 2. The molecular formula is C19H23N7O3. The number of methoxy groups -OCH3 is 1. The molecule has 2 aromatic heterocycles. The number of amides is 1. The summed E-state index contributed by atoms with van der Waals surface area (Å²) in [4.78, 5) is 16.9. The highest BCUT2D eigenvalue weighted by Gasteiger charge is 2.22. The highest BCUT2D eigenvalue weighted by Crippen LogP contribution is 2.23. The summed E-state index contributed by atoms with van der Waals surface area (Å²) in [5.74, 6) is 1.10. The van der Waals surface area contributed by atoms with Crippen LogP contribution < -0.4 is 15.4 Å². The Labute approximate surface area is 167 Å². The van der Waals surface area contributed by atoms with Gasteiger partial charge in [-0.15, -0.1) is 5.10 Å². The van der Waals surface area contributed by atoms with Crippen LogP contribution in [-0.2, 0) is 0 Å². The standard InChI is InChI=1S/C19H23N7O3/c1-12(19-22-17(24-29-19)13-4-3-5-15(10-13)28-2)21-18(27)16-11-26(25-23-16)14-6-8-20-9-7-14/h3-5,10-12,14,20H,6-9H2,1-2H3,(H,21,27). The van der Waals surface area contributed by atoms with Crippen molar-refractivity contribution in [1.29, 1.82) is 0 Å². The zero-order chi connectivity index (χ0) is 20.2. The number of carbonyl (C=O) groups excluding carboxylic acids is 1. The third-order valence-electron chi connectivity index (χ3n) is 4.91. The van der Waals surface area contributed by atoms with Gasteiger partial charge in [0.15, 0.2) is 5.69 Å². The van der Waals surface area contributed by atoms with Gasteiger partial charge in [0.1, 0.15) is 11.8 Å². The van der Waals surface area contributed by atoms with Gasteiger partial charge in [0, 0.05) is 5.56 Å². The first-order valence-electron chi connectivity index (χ1n) is 9.55. The largest absolute Gasteiger partial charge is 0.497 e. The first-order chi connectivity index (χ1) is 14.1. The van der Waals surface area contributed by atoms with Gasteiger partial charge in [-0.3, -0.25) is 4.79 Å². The second-order valence-electron chi connectivity index (χ2n) is 6.95. The zero-order valence-electron chi connectivity index (χ0n) is 16.3. The lowest BCUT2D eigenvalue weighted by molar-refractivity contribution is 0.0927. The summed E-state index contributed by atoms with van der Waals surface area (Å²) in [7, 11) is 1.60. The molecule has 1 aliphatic heterocycles. The molecule has 1 aliphatic rings. The molecule has 4 rings (SSSR count). The minimum absolute atomic E-state index is 0.267. The minimum Gasteiger partial charge on any atom is -0.497 e. The number of rotatable bonds is 6. The third kappa shape index (κ3) is 4.27. The van der Waals surface area contributed by atoms with Gasteiger partial charge in [-0.1, -0.05) is 22.5 Å². The average molecular weight is 397 g/mol. The van der Waals surface area contributed by atoms with Crippen LogP contribution >= 0.6 is 0 Å². The number of aromatic nitrogens is 5. The molecule has 0 radical (unpaired) electrons. The second kappa shape index (κ2) is 8.39. The van der Waals surface area contributed by atoms with Crippen molar-refractivity contribution in [2.75, 3.05) is 20.2 Å². The van der Waals surface area contributed by atoms with Crippen LogP contribution in [0.2, 0.25) is 0 Å². The van der Waals surface area contributed by atoms with Crippen LogP contribution in [0, 0.1) is 0 Å². The van der Waals surface area contributed by atoms with E-state index in [0.717, 1.165) is 31.5 Å². The highest BCUT2D eigenvalue weighted by molar-refractivity contribution is 5.92. The Morgan fingerprint density at radius 2 is 2.21 bits per heavy atom. The van der Waals surface area contributed by atoms with Gasteiger partial charge in [-0.25, -0.2) is 4.68 Å². The Morgan fingerprint density at radius 3 is 3.00 bits per heavy atom. The lowest BCUT2D eigenvalue weighted by atomic mass is 10.1. The second-order valence-corrected chi connectivity index (χ2v) is 6.95. The van der Waals surface area contributed by atoms with Crippen molar-refractivity contribution < 1.29 is 14.1 Å². The Kier molecular flexibility index (Phi) is 5.52. The number of nitrogens with one attached hydrogen (secondary N) is 2. The lowest BCUT2D eigenvalue weighted by Gasteiger charge is -2.22. The van der Waals surface area contributed by atoms with Crippen LogP contribution in [-0.4, -0.2) is 51.2 Å². The predicted octanol–water partition coefficient (Wildman–Crippen LogP) is 1.75. The SMILES string of the molecule is COc1cccc(-c2noc(C(C)NC(=O)c3cn(C4CCNCC4)nn3)n2)c1. The molecule has 3 heterocycles. The van der Waals surface area contributed by atoms with Gasteiger partial charge < -0.3 is 19.9 Å². The number of piperidine rings is 1. The van der Waals surface area contributed by atoms with Gasteiger partial charge in [0.05, 0.1) is 19.3 Å². The Bertz CT molecular complexity index is 978. The van der Waals surface area contributed by atoms with E-state index in [1.807, 2.05) is 24.3 Å². The summed E-state index contributed by atoms with van der Waals surface area (Å²) in [6.07, 6.45) is 3.62. The molecule has 10 nitrogen and oxygen atoms in total. The normalized spacial score (nSPS) is 15.8. The fourth-order valence-electron chi connectivity index (χ4n) is 3.25. The predicted molar refractivity (Wildman–Crippen MR) is 103 cm³/mol. The first-order valence-corrected chi connectivity index (χ1v) is 9.55. The zero-order valence-corrected chi connectivity index (χ0v) is 16.3.